The van der Waals surface area contributed by atoms with Crippen LogP contribution in [0.5, 0.6) is 11.5 Å². The minimum absolute atomic E-state index is 0.0549. The molecule has 0 saturated carbocycles. The Balaban J connectivity index is 2.91. The molecular formula is C15H18O5. The Kier molecular flexibility index (Phi) is 3.48. The first-order valence-electron chi connectivity index (χ1n) is 6.42. The van der Waals surface area contributed by atoms with E-state index in [9.17, 15) is 20.1 Å². The summed E-state index contributed by atoms with van der Waals surface area (Å²) in [6, 6.07) is 1.44. The van der Waals surface area contributed by atoms with Gasteiger partial charge >= 0.3 is 5.63 Å². The number of hydrogen-bond acceptors (Lipinski definition) is 5. The minimum atomic E-state index is -0.679. The fraction of sp³-hybridized carbons (Fsp3) is 0.400. The second kappa shape index (κ2) is 4.83. The van der Waals surface area contributed by atoms with Crippen molar-refractivity contribution in [3.63, 3.8) is 0 Å². The molecule has 0 radical (unpaired) electrons. The highest BCUT2D eigenvalue weighted by molar-refractivity contribution is 5.92. The number of benzene rings is 1. The van der Waals surface area contributed by atoms with Gasteiger partial charge in [-0.05, 0) is 32.4 Å². The van der Waals surface area contributed by atoms with E-state index in [-0.39, 0.29) is 28.4 Å². The molecule has 5 nitrogen and oxygen atoms in total. The first-order valence-corrected chi connectivity index (χ1v) is 6.42. The highest BCUT2D eigenvalue weighted by Crippen LogP contribution is 2.36. The number of aryl methyl sites for hydroxylation is 1. The smallest absolute Gasteiger partial charge is 0.347 e. The highest BCUT2D eigenvalue weighted by Gasteiger charge is 2.22. The number of aliphatic hydroxyl groups excluding tert-OH is 1. The zero-order chi connectivity index (χ0) is 15.2. The molecule has 2 aromatic rings. The molecule has 5 heteroatoms. The Hall–Kier alpha value is -2.01. The van der Waals surface area contributed by atoms with Gasteiger partial charge in [-0.3, -0.25) is 0 Å². The Morgan fingerprint density at radius 2 is 1.75 bits per heavy atom. The number of aliphatic hydroxyl groups is 1. The third-order valence-corrected chi connectivity index (χ3v) is 3.84. The van der Waals surface area contributed by atoms with Crippen LogP contribution < -0.4 is 5.63 Å². The molecule has 20 heavy (non-hydrogen) atoms. The van der Waals surface area contributed by atoms with Gasteiger partial charge in [-0.2, -0.15) is 0 Å². The number of aromatic hydroxyl groups is 2. The molecule has 108 valence electrons. The first-order chi connectivity index (χ1) is 9.25. The van der Waals surface area contributed by atoms with Gasteiger partial charge in [0.05, 0.1) is 6.10 Å². The Morgan fingerprint density at radius 3 is 2.30 bits per heavy atom. The summed E-state index contributed by atoms with van der Waals surface area (Å²) in [6.07, 6.45) is -0.679. The van der Waals surface area contributed by atoms with E-state index < -0.39 is 11.7 Å². The summed E-state index contributed by atoms with van der Waals surface area (Å²) in [7, 11) is 0. The maximum atomic E-state index is 12.1. The van der Waals surface area contributed by atoms with Crippen LogP contribution in [0.15, 0.2) is 15.3 Å². The fourth-order valence-electron chi connectivity index (χ4n) is 2.27. The van der Waals surface area contributed by atoms with Gasteiger partial charge in [-0.25, -0.2) is 4.79 Å². The molecule has 3 N–H and O–H groups in total. The maximum absolute atomic E-state index is 12.1. The van der Waals surface area contributed by atoms with E-state index in [1.807, 2.05) is 0 Å². The quantitative estimate of drug-likeness (QED) is 0.784. The summed E-state index contributed by atoms with van der Waals surface area (Å²) in [5.41, 5.74) is 0.188. The molecule has 0 aliphatic carbocycles. The van der Waals surface area contributed by atoms with Crippen molar-refractivity contribution >= 4 is 10.8 Å². The molecule has 0 spiro atoms. The van der Waals surface area contributed by atoms with E-state index in [0.29, 0.717) is 16.7 Å². The van der Waals surface area contributed by atoms with Gasteiger partial charge in [0.2, 0.25) is 0 Å². The molecule has 0 bridgehead atoms. The zero-order valence-corrected chi connectivity index (χ0v) is 11.9. The Labute approximate surface area is 116 Å². The number of hydrogen-bond donors (Lipinski definition) is 3. The van der Waals surface area contributed by atoms with Crippen molar-refractivity contribution in [1.82, 2.24) is 0 Å². The van der Waals surface area contributed by atoms with E-state index in [1.54, 1.807) is 20.8 Å². The van der Waals surface area contributed by atoms with Crippen LogP contribution in [0.25, 0.3) is 10.8 Å². The normalized spacial score (nSPS) is 14.4. The predicted molar refractivity (Wildman–Crippen MR) is 75.4 cm³/mol. The summed E-state index contributed by atoms with van der Waals surface area (Å²) < 4.78 is 5.26. The van der Waals surface area contributed by atoms with Gasteiger partial charge in [0.25, 0.3) is 0 Å². The topological polar surface area (TPSA) is 90.9 Å². The molecule has 1 heterocycles. The molecule has 0 unspecified atom stereocenters. The molecule has 1 aromatic heterocycles. The van der Waals surface area contributed by atoms with Crippen LogP contribution in [-0.2, 0) is 0 Å². The molecular weight excluding hydrogens is 260 g/mol. The SMILES string of the molecule is Cc1c(O)cc2c(C)c([C@H](C)[C@H](C)O)oc(=O)c2c1O. The first kappa shape index (κ1) is 14.4. The Morgan fingerprint density at radius 1 is 1.15 bits per heavy atom. The number of phenolic OH excluding ortho intramolecular Hbond substituents is 2. The second-order valence-corrected chi connectivity index (χ2v) is 5.20. The largest absolute Gasteiger partial charge is 0.508 e. The zero-order valence-electron chi connectivity index (χ0n) is 11.9. The van der Waals surface area contributed by atoms with Gasteiger partial charge in [0.1, 0.15) is 22.6 Å². The van der Waals surface area contributed by atoms with Crippen molar-refractivity contribution in [2.75, 3.05) is 0 Å². The summed E-state index contributed by atoms with van der Waals surface area (Å²) >= 11 is 0. The lowest BCUT2D eigenvalue weighted by Crippen LogP contribution is -2.15. The highest BCUT2D eigenvalue weighted by atomic mass is 16.4. The predicted octanol–water partition coefficient (Wildman–Crippen LogP) is 2.31. The van der Waals surface area contributed by atoms with E-state index in [0.717, 1.165) is 0 Å². The fourth-order valence-corrected chi connectivity index (χ4v) is 2.27. The van der Waals surface area contributed by atoms with Crippen LogP contribution in [-0.4, -0.2) is 21.4 Å². The number of fused-ring (bicyclic) bond motifs is 1. The van der Waals surface area contributed by atoms with E-state index in [4.69, 9.17) is 4.42 Å². The summed E-state index contributed by atoms with van der Waals surface area (Å²) in [4.78, 5) is 12.1. The van der Waals surface area contributed by atoms with Gasteiger partial charge in [-0.1, -0.05) is 6.92 Å². The Bertz CT molecular complexity index is 727. The lowest BCUT2D eigenvalue weighted by Gasteiger charge is -2.17. The number of rotatable bonds is 2. The lowest BCUT2D eigenvalue weighted by atomic mass is 9.95. The third-order valence-electron chi connectivity index (χ3n) is 3.84. The molecule has 2 rings (SSSR count). The second-order valence-electron chi connectivity index (χ2n) is 5.20. The average molecular weight is 278 g/mol. The van der Waals surface area contributed by atoms with E-state index >= 15 is 0 Å². The molecule has 0 amide bonds. The maximum Gasteiger partial charge on any atom is 0.347 e. The van der Waals surface area contributed by atoms with Crippen LogP contribution in [0.2, 0.25) is 0 Å². The van der Waals surface area contributed by atoms with Crippen molar-refractivity contribution in [3.8, 4) is 11.5 Å². The number of phenols is 2. The van der Waals surface area contributed by atoms with Gasteiger partial charge < -0.3 is 19.7 Å². The summed E-state index contributed by atoms with van der Waals surface area (Å²) in [5, 5.41) is 30.0. The van der Waals surface area contributed by atoms with Gasteiger partial charge in [-0.15, -0.1) is 0 Å². The standard InChI is InChI=1S/C15H18O5/c1-6(9(4)16)14-7(2)10-5-11(17)8(3)13(18)12(10)15(19)20-14/h5-6,9,16-18H,1-4H3/t6-,9+/m1/s1. The van der Waals surface area contributed by atoms with Crippen molar-refractivity contribution in [3.05, 3.63) is 33.4 Å². The lowest BCUT2D eigenvalue weighted by molar-refractivity contribution is 0.156. The monoisotopic (exact) mass is 278 g/mol. The summed E-state index contributed by atoms with van der Waals surface area (Å²) in [6.45, 7) is 6.60. The summed E-state index contributed by atoms with van der Waals surface area (Å²) in [5.74, 6) is -0.356. The van der Waals surface area contributed by atoms with Crippen LogP contribution in [0.3, 0.4) is 0 Å². The van der Waals surface area contributed by atoms with Crippen molar-refractivity contribution in [2.45, 2.75) is 39.7 Å². The van der Waals surface area contributed by atoms with Crippen molar-refractivity contribution in [2.24, 2.45) is 0 Å². The van der Waals surface area contributed by atoms with Crippen LogP contribution in [0.1, 0.15) is 36.7 Å². The van der Waals surface area contributed by atoms with Crippen LogP contribution in [0, 0.1) is 13.8 Å². The van der Waals surface area contributed by atoms with Gasteiger partial charge in [0, 0.05) is 16.9 Å². The molecule has 2 atom stereocenters. The van der Waals surface area contributed by atoms with Crippen LogP contribution in [0.4, 0.5) is 0 Å². The third kappa shape index (κ3) is 2.04. The minimum Gasteiger partial charge on any atom is -0.508 e. The molecule has 0 saturated heterocycles. The van der Waals surface area contributed by atoms with Gasteiger partial charge in [0.15, 0.2) is 0 Å². The molecule has 0 aliphatic rings. The van der Waals surface area contributed by atoms with E-state index in [2.05, 4.69) is 0 Å². The molecule has 1 aromatic carbocycles. The average Bonchev–Trinajstić information content (AvgIpc) is 2.38. The van der Waals surface area contributed by atoms with Crippen molar-refractivity contribution < 1.29 is 19.7 Å². The molecule has 0 aliphatic heterocycles. The molecule has 0 fully saturated rings. The van der Waals surface area contributed by atoms with E-state index in [1.165, 1.54) is 13.0 Å². The van der Waals surface area contributed by atoms with Crippen molar-refractivity contribution in [1.29, 1.82) is 0 Å². The van der Waals surface area contributed by atoms with Crippen LogP contribution >= 0.6 is 0 Å².